The monoisotopic (exact) mass is 271 g/mol. The molecule has 4 heteroatoms. The second-order valence-corrected chi connectivity index (χ2v) is 4.88. The van der Waals surface area contributed by atoms with Gasteiger partial charge in [0.05, 0.1) is 12.7 Å². The van der Waals surface area contributed by atoms with Crippen molar-refractivity contribution in [2.24, 2.45) is 0 Å². The Morgan fingerprint density at radius 3 is 2.65 bits per heavy atom. The third kappa shape index (κ3) is 3.47. The van der Waals surface area contributed by atoms with E-state index in [4.69, 9.17) is 4.74 Å². The van der Waals surface area contributed by atoms with Crippen molar-refractivity contribution >= 4 is 5.82 Å². The zero-order valence-electron chi connectivity index (χ0n) is 12.3. The topological polar surface area (TPSA) is 47.0 Å². The van der Waals surface area contributed by atoms with E-state index in [0.717, 1.165) is 24.3 Å². The molecule has 0 saturated heterocycles. The molecule has 0 bridgehead atoms. The minimum absolute atomic E-state index is 0.521. The first kappa shape index (κ1) is 14.3. The highest BCUT2D eigenvalue weighted by Crippen LogP contribution is 2.21. The highest BCUT2D eigenvalue weighted by atomic mass is 16.5. The van der Waals surface area contributed by atoms with Gasteiger partial charge in [0, 0.05) is 6.54 Å². The molecule has 106 valence electrons. The Morgan fingerprint density at radius 2 is 1.95 bits per heavy atom. The number of ether oxygens (including phenoxy) is 1. The van der Waals surface area contributed by atoms with E-state index in [0.29, 0.717) is 11.8 Å². The molecule has 0 aliphatic heterocycles. The molecule has 2 aromatic rings. The summed E-state index contributed by atoms with van der Waals surface area (Å²) in [4.78, 5) is 8.33. The average molecular weight is 271 g/mol. The van der Waals surface area contributed by atoms with Crippen molar-refractivity contribution in [2.75, 3.05) is 19.0 Å². The zero-order chi connectivity index (χ0) is 14.4. The molecule has 1 aromatic heterocycles. The second kappa shape index (κ2) is 6.89. The Labute approximate surface area is 120 Å². The van der Waals surface area contributed by atoms with Gasteiger partial charge >= 0.3 is 0 Å². The molecule has 0 spiro atoms. The third-order valence-electron chi connectivity index (χ3n) is 3.47. The smallest absolute Gasteiger partial charge is 0.221 e. The van der Waals surface area contributed by atoms with Crippen LogP contribution in [-0.4, -0.2) is 23.6 Å². The Bertz CT molecular complexity index is 543. The lowest BCUT2D eigenvalue weighted by Crippen LogP contribution is -2.09. The van der Waals surface area contributed by atoms with Crippen LogP contribution in [0.15, 0.2) is 36.7 Å². The van der Waals surface area contributed by atoms with Crippen LogP contribution < -0.4 is 10.1 Å². The molecular weight excluding hydrogens is 250 g/mol. The predicted molar refractivity (Wildman–Crippen MR) is 81.3 cm³/mol. The molecule has 1 heterocycles. The normalized spacial score (nSPS) is 11.9. The molecule has 1 unspecified atom stereocenters. The fourth-order valence-electron chi connectivity index (χ4n) is 2.17. The highest BCUT2D eigenvalue weighted by Gasteiger charge is 2.08. The maximum Gasteiger partial charge on any atom is 0.221 e. The first-order chi connectivity index (χ1) is 9.72. The van der Waals surface area contributed by atoms with Gasteiger partial charge in [-0.15, -0.1) is 0 Å². The summed E-state index contributed by atoms with van der Waals surface area (Å²) in [5, 5.41) is 3.36. The molecule has 0 aliphatic rings. The zero-order valence-corrected chi connectivity index (χ0v) is 12.3. The largest absolute Gasteiger partial charge is 0.481 e. The quantitative estimate of drug-likeness (QED) is 0.874. The van der Waals surface area contributed by atoms with Crippen molar-refractivity contribution in [1.82, 2.24) is 9.97 Å². The van der Waals surface area contributed by atoms with Crippen LogP contribution in [0, 0.1) is 6.92 Å². The molecule has 1 atom stereocenters. The molecule has 0 amide bonds. The molecule has 20 heavy (non-hydrogen) atoms. The molecule has 0 saturated carbocycles. The molecule has 1 N–H and O–H groups in total. The fourth-order valence-corrected chi connectivity index (χ4v) is 2.17. The summed E-state index contributed by atoms with van der Waals surface area (Å²) in [5.74, 6) is 1.99. The Hall–Kier alpha value is -2.10. The van der Waals surface area contributed by atoms with Crippen LogP contribution in [0.1, 0.15) is 30.4 Å². The second-order valence-electron chi connectivity index (χ2n) is 4.88. The lowest BCUT2D eigenvalue weighted by molar-refractivity contribution is 0.393. The number of methoxy groups -OCH3 is 1. The Balaban J connectivity index is 1.90. The maximum atomic E-state index is 5.19. The van der Waals surface area contributed by atoms with Gasteiger partial charge < -0.3 is 10.1 Å². The van der Waals surface area contributed by atoms with Crippen molar-refractivity contribution in [3.63, 3.8) is 0 Å². The summed E-state index contributed by atoms with van der Waals surface area (Å²) < 4.78 is 5.19. The van der Waals surface area contributed by atoms with Crippen LogP contribution in [-0.2, 0) is 0 Å². The van der Waals surface area contributed by atoms with Gasteiger partial charge in [-0.3, -0.25) is 0 Å². The van der Waals surface area contributed by atoms with Gasteiger partial charge in [0.2, 0.25) is 5.88 Å². The van der Waals surface area contributed by atoms with Gasteiger partial charge in [0.25, 0.3) is 0 Å². The first-order valence-corrected chi connectivity index (χ1v) is 6.86. The van der Waals surface area contributed by atoms with Crippen molar-refractivity contribution in [3.8, 4) is 5.88 Å². The molecule has 1 aromatic carbocycles. The predicted octanol–water partition coefficient (Wildman–Crippen LogP) is 3.40. The van der Waals surface area contributed by atoms with E-state index in [9.17, 15) is 0 Å². The maximum absolute atomic E-state index is 5.19. The van der Waals surface area contributed by atoms with Crippen molar-refractivity contribution in [2.45, 2.75) is 26.2 Å². The number of nitrogens with one attached hydrogen (secondary N) is 1. The minimum atomic E-state index is 0.521. The van der Waals surface area contributed by atoms with Crippen molar-refractivity contribution in [1.29, 1.82) is 0 Å². The number of rotatable bonds is 6. The number of nitrogens with zero attached hydrogens (tertiary/aromatic N) is 2. The van der Waals surface area contributed by atoms with Gasteiger partial charge in [-0.1, -0.05) is 37.3 Å². The van der Waals surface area contributed by atoms with Crippen LogP contribution in [0.25, 0.3) is 0 Å². The van der Waals surface area contributed by atoms with Crippen molar-refractivity contribution < 1.29 is 4.74 Å². The van der Waals surface area contributed by atoms with E-state index < -0.39 is 0 Å². The summed E-state index contributed by atoms with van der Waals surface area (Å²) in [5.41, 5.74) is 2.31. The van der Waals surface area contributed by atoms with Crippen LogP contribution in [0.3, 0.4) is 0 Å². The molecule has 0 fully saturated rings. The van der Waals surface area contributed by atoms with E-state index >= 15 is 0 Å². The van der Waals surface area contributed by atoms with Gasteiger partial charge in [-0.25, -0.2) is 9.97 Å². The molecule has 0 radical (unpaired) electrons. The highest BCUT2D eigenvalue weighted by molar-refractivity contribution is 5.47. The Morgan fingerprint density at radius 1 is 1.20 bits per heavy atom. The van der Waals surface area contributed by atoms with E-state index in [1.807, 2.05) is 13.0 Å². The van der Waals surface area contributed by atoms with E-state index in [1.54, 1.807) is 7.11 Å². The molecule has 0 aliphatic carbocycles. The van der Waals surface area contributed by atoms with Crippen LogP contribution in [0.4, 0.5) is 5.82 Å². The number of benzene rings is 1. The summed E-state index contributed by atoms with van der Waals surface area (Å²) in [7, 11) is 1.62. The van der Waals surface area contributed by atoms with Gasteiger partial charge in [0.15, 0.2) is 0 Å². The number of hydrogen-bond donors (Lipinski definition) is 1. The van der Waals surface area contributed by atoms with Crippen molar-refractivity contribution in [3.05, 3.63) is 47.8 Å². The number of hydrogen-bond acceptors (Lipinski definition) is 4. The first-order valence-electron chi connectivity index (χ1n) is 6.86. The minimum Gasteiger partial charge on any atom is -0.481 e. The van der Waals surface area contributed by atoms with Gasteiger partial charge in [-0.2, -0.15) is 0 Å². The lowest BCUT2D eigenvalue weighted by Gasteiger charge is -2.14. The van der Waals surface area contributed by atoms with E-state index in [-0.39, 0.29) is 0 Å². The van der Waals surface area contributed by atoms with Gasteiger partial charge in [0.1, 0.15) is 12.1 Å². The molecule has 4 nitrogen and oxygen atoms in total. The van der Waals surface area contributed by atoms with Gasteiger partial charge in [-0.05, 0) is 24.8 Å². The van der Waals surface area contributed by atoms with Crippen LogP contribution in [0.2, 0.25) is 0 Å². The summed E-state index contributed by atoms with van der Waals surface area (Å²) >= 11 is 0. The molecule has 2 rings (SSSR count). The lowest BCUT2D eigenvalue weighted by atomic mass is 9.98. The standard InChI is InChI=1S/C16H21N3O/c1-12(14-7-5-4-6-8-14)9-10-17-15-13(2)16(20-3)19-11-18-15/h4-8,11-12H,9-10H2,1-3H3,(H,17,18,19). The summed E-state index contributed by atoms with van der Waals surface area (Å²) in [6.07, 6.45) is 2.57. The SMILES string of the molecule is COc1ncnc(NCCC(C)c2ccccc2)c1C. The molecular formula is C16H21N3O. The summed E-state index contributed by atoms with van der Waals surface area (Å²) in [6, 6.07) is 10.6. The third-order valence-corrected chi connectivity index (χ3v) is 3.47. The number of anilines is 1. The Kier molecular flexibility index (Phi) is 4.93. The van der Waals surface area contributed by atoms with E-state index in [2.05, 4.69) is 46.5 Å². The van der Waals surface area contributed by atoms with Crippen LogP contribution in [0.5, 0.6) is 5.88 Å². The van der Waals surface area contributed by atoms with E-state index in [1.165, 1.54) is 11.9 Å². The summed E-state index contributed by atoms with van der Waals surface area (Å²) in [6.45, 7) is 5.07. The number of aromatic nitrogens is 2. The fraction of sp³-hybridized carbons (Fsp3) is 0.375. The average Bonchev–Trinajstić information content (AvgIpc) is 2.49. The van der Waals surface area contributed by atoms with Crippen LogP contribution >= 0.6 is 0 Å².